The SMILES string of the molecule is O=C(N[C@@H](Cn1cnc2ccccc21)c1ccc(F)cc1)c1ccc(COCC(F)(F)F)cc1. The Hall–Kier alpha value is -3.72. The largest absolute Gasteiger partial charge is 0.411 e. The lowest BCUT2D eigenvalue weighted by Gasteiger charge is -2.20. The Morgan fingerprint density at radius 2 is 1.71 bits per heavy atom. The van der Waals surface area contributed by atoms with E-state index in [4.69, 9.17) is 0 Å². The van der Waals surface area contributed by atoms with E-state index in [-0.39, 0.29) is 18.3 Å². The summed E-state index contributed by atoms with van der Waals surface area (Å²) in [6, 6.07) is 19.1. The molecule has 0 aliphatic rings. The third-order valence-electron chi connectivity index (χ3n) is 5.23. The Morgan fingerprint density at radius 1 is 1.00 bits per heavy atom. The standard InChI is InChI=1S/C25H21F4N3O2/c26-20-11-9-18(10-12-20)22(13-32-16-30-21-3-1-2-4-23(21)32)31-24(33)19-7-5-17(6-8-19)14-34-15-25(27,28)29/h1-12,16,22H,13-15H2,(H,31,33)/t22-/m0/s1. The van der Waals surface area contributed by atoms with Gasteiger partial charge in [0, 0.05) is 12.1 Å². The van der Waals surface area contributed by atoms with E-state index in [1.165, 1.54) is 24.3 Å². The summed E-state index contributed by atoms with van der Waals surface area (Å²) >= 11 is 0. The molecule has 0 aliphatic heterocycles. The molecule has 4 aromatic rings. The van der Waals surface area contributed by atoms with Gasteiger partial charge in [-0.3, -0.25) is 4.79 Å². The summed E-state index contributed by atoms with van der Waals surface area (Å²) in [7, 11) is 0. The molecule has 4 rings (SSSR count). The number of carbonyl (C=O) groups excluding carboxylic acids is 1. The van der Waals surface area contributed by atoms with Gasteiger partial charge in [0.15, 0.2) is 0 Å². The van der Waals surface area contributed by atoms with Crippen LogP contribution in [0, 0.1) is 5.82 Å². The zero-order chi connectivity index (χ0) is 24.1. The maximum Gasteiger partial charge on any atom is 0.411 e. The second-order valence-electron chi connectivity index (χ2n) is 7.77. The molecule has 9 heteroatoms. The van der Waals surface area contributed by atoms with E-state index in [1.54, 1.807) is 30.6 Å². The molecule has 34 heavy (non-hydrogen) atoms. The van der Waals surface area contributed by atoms with Crippen LogP contribution in [0.2, 0.25) is 0 Å². The van der Waals surface area contributed by atoms with Crippen LogP contribution < -0.4 is 5.32 Å². The number of nitrogens with one attached hydrogen (secondary N) is 1. The second-order valence-corrected chi connectivity index (χ2v) is 7.77. The Bertz CT molecular complexity index is 1250. The summed E-state index contributed by atoms with van der Waals surface area (Å²) in [6.45, 7) is -1.19. The number of amides is 1. The number of fused-ring (bicyclic) bond motifs is 1. The number of para-hydroxylation sites is 2. The maximum atomic E-state index is 13.5. The summed E-state index contributed by atoms with van der Waals surface area (Å²) in [5.41, 5.74) is 3.27. The van der Waals surface area contributed by atoms with Crippen molar-refractivity contribution >= 4 is 16.9 Å². The normalized spacial score (nSPS) is 12.6. The number of alkyl halides is 3. The fraction of sp³-hybridized carbons (Fsp3) is 0.200. The van der Waals surface area contributed by atoms with Crippen molar-refractivity contribution in [2.24, 2.45) is 0 Å². The highest BCUT2D eigenvalue weighted by atomic mass is 19.4. The average molecular weight is 471 g/mol. The minimum atomic E-state index is -4.39. The van der Waals surface area contributed by atoms with Gasteiger partial charge in [0.25, 0.3) is 5.91 Å². The van der Waals surface area contributed by atoms with Crippen LogP contribution in [0.4, 0.5) is 17.6 Å². The molecule has 3 aromatic carbocycles. The van der Waals surface area contributed by atoms with Crippen LogP contribution in [0.3, 0.4) is 0 Å². The number of halogens is 4. The molecule has 1 heterocycles. The van der Waals surface area contributed by atoms with Crippen molar-refractivity contribution in [1.29, 1.82) is 0 Å². The Morgan fingerprint density at radius 3 is 2.41 bits per heavy atom. The molecule has 5 nitrogen and oxygen atoms in total. The Labute approximate surface area is 193 Å². The molecule has 0 bridgehead atoms. The molecule has 0 saturated carbocycles. The van der Waals surface area contributed by atoms with E-state index >= 15 is 0 Å². The first-order valence-electron chi connectivity index (χ1n) is 10.5. The van der Waals surface area contributed by atoms with Gasteiger partial charge in [0.1, 0.15) is 12.4 Å². The summed E-state index contributed by atoms with van der Waals surface area (Å²) in [6.07, 6.45) is -2.71. The molecule has 1 aromatic heterocycles. The summed E-state index contributed by atoms with van der Waals surface area (Å²) < 4.78 is 56.7. The minimum Gasteiger partial charge on any atom is -0.367 e. The first-order valence-corrected chi connectivity index (χ1v) is 10.5. The number of hydrogen-bond donors (Lipinski definition) is 1. The smallest absolute Gasteiger partial charge is 0.367 e. The Balaban J connectivity index is 1.49. The van der Waals surface area contributed by atoms with Crippen LogP contribution in [0.25, 0.3) is 11.0 Å². The third-order valence-corrected chi connectivity index (χ3v) is 5.23. The van der Waals surface area contributed by atoms with Gasteiger partial charge in [-0.25, -0.2) is 9.37 Å². The van der Waals surface area contributed by atoms with Crippen molar-refractivity contribution in [1.82, 2.24) is 14.9 Å². The van der Waals surface area contributed by atoms with Crippen molar-refractivity contribution in [2.45, 2.75) is 25.4 Å². The molecular formula is C25H21F4N3O2. The minimum absolute atomic E-state index is 0.215. The Kier molecular flexibility index (Phi) is 6.93. The lowest BCUT2D eigenvalue weighted by Crippen LogP contribution is -2.31. The van der Waals surface area contributed by atoms with Gasteiger partial charge in [0.2, 0.25) is 0 Å². The third kappa shape index (κ3) is 5.99. The number of carbonyl (C=O) groups is 1. The van der Waals surface area contributed by atoms with Crippen LogP contribution in [0.5, 0.6) is 0 Å². The van der Waals surface area contributed by atoms with Crippen LogP contribution in [0.15, 0.2) is 79.1 Å². The lowest BCUT2D eigenvalue weighted by atomic mass is 10.1. The van der Waals surface area contributed by atoms with Crippen LogP contribution >= 0.6 is 0 Å². The van der Waals surface area contributed by atoms with E-state index in [9.17, 15) is 22.4 Å². The van der Waals surface area contributed by atoms with E-state index in [1.807, 2.05) is 28.8 Å². The summed E-state index contributed by atoms with van der Waals surface area (Å²) in [4.78, 5) is 17.3. The van der Waals surface area contributed by atoms with Gasteiger partial charge in [-0.2, -0.15) is 13.2 Å². The summed E-state index contributed by atoms with van der Waals surface area (Å²) in [5, 5.41) is 2.96. The van der Waals surface area contributed by atoms with Crippen molar-refractivity contribution in [3.05, 3.63) is 102 Å². The van der Waals surface area contributed by atoms with E-state index < -0.39 is 18.8 Å². The zero-order valence-corrected chi connectivity index (χ0v) is 17.9. The predicted molar refractivity (Wildman–Crippen MR) is 118 cm³/mol. The summed E-state index contributed by atoms with van der Waals surface area (Å²) in [5.74, 6) is -0.758. The van der Waals surface area contributed by atoms with Gasteiger partial charge in [-0.1, -0.05) is 36.4 Å². The molecule has 0 unspecified atom stereocenters. The van der Waals surface area contributed by atoms with Crippen molar-refractivity contribution < 1.29 is 27.1 Å². The van der Waals surface area contributed by atoms with Gasteiger partial charge >= 0.3 is 6.18 Å². The highest BCUT2D eigenvalue weighted by Crippen LogP contribution is 2.21. The molecule has 176 valence electrons. The fourth-order valence-electron chi connectivity index (χ4n) is 3.56. The first-order chi connectivity index (χ1) is 16.3. The van der Waals surface area contributed by atoms with Gasteiger partial charge < -0.3 is 14.6 Å². The molecular weight excluding hydrogens is 450 g/mol. The predicted octanol–water partition coefficient (Wildman–Crippen LogP) is 5.43. The first kappa shape index (κ1) is 23.4. The second kappa shape index (κ2) is 10.0. The molecule has 1 atom stereocenters. The van der Waals surface area contributed by atoms with E-state index in [2.05, 4.69) is 15.0 Å². The monoisotopic (exact) mass is 471 g/mol. The lowest BCUT2D eigenvalue weighted by molar-refractivity contribution is -0.176. The van der Waals surface area contributed by atoms with Crippen molar-refractivity contribution in [3.8, 4) is 0 Å². The van der Waals surface area contributed by atoms with Crippen LogP contribution in [0.1, 0.15) is 27.5 Å². The van der Waals surface area contributed by atoms with E-state index in [0.717, 1.165) is 11.0 Å². The topological polar surface area (TPSA) is 56.2 Å². The van der Waals surface area contributed by atoms with Gasteiger partial charge in [-0.15, -0.1) is 0 Å². The fourth-order valence-corrected chi connectivity index (χ4v) is 3.56. The van der Waals surface area contributed by atoms with Crippen LogP contribution in [-0.4, -0.2) is 28.2 Å². The molecule has 1 N–H and O–H groups in total. The highest BCUT2D eigenvalue weighted by molar-refractivity contribution is 5.94. The molecule has 0 fully saturated rings. The van der Waals surface area contributed by atoms with Crippen molar-refractivity contribution in [2.75, 3.05) is 6.61 Å². The highest BCUT2D eigenvalue weighted by Gasteiger charge is 2.27. The molecule has 1 amide bonds. The van der Waals surface area contributed by atoms with Gasteiger partial charge in [-0.05, 0) is 47.5 Å². The van der Waals surface area contributed by atoms with Crippen LogP contribution in [-0.2, 0) is 17.9 Å². The van der Waals surface area contributed by atoms with E-state index in [0.29, 0.717) is 23.2 Å². The number of benzene rings is 3. The van der Waals surface area contributed by atoms with Crippen molar-refractivity contribution in [3.63, 3.8) is 0 Å². The maximum absolute atomic E-state index is 13.5. The number of nitrogens with zero attached hydrogens (tertiary/aromatic N) is 2. The number of ether oxygens (including phenoxy) is 1. The molecule has 0 saturated heterocycles. The molecule has 0 spiro atoms. The number of hydrogen-bond acceptors (Lipinski definition) is 3. The number of aromatic nitrogens is 2. The molecule has 0 aliphatic carbocycles. The quantitative estimate of drug-likeness (QED) is 0.349. The average Bonchev–Trinajstić information content (AvgIpc) is 3.22. The number of rotatable bonds is 8. The van der Waals surface area contributed by atoms with Gasteiger partial charge in [0.05, 0.1) is 30.0 Å². The number of imidazole rings is 1. The zero-order valence-electron chi connectivity index (χ0n) is 17.9. The molecule has 0 radical (unpaired) electrons.